The van der Waals surface area contributed by atoms with Gasteiger partial charge in [-0.05, 0) is 96.3 Å². The second kappa shape index (κ2) is 49.1. The highest BCUT2D eigenvalue weighted by molar-refractivity contribution is 5.69. The van der Waals surface area contributed by atoms with Gasteiger partial charge < -0.3 is 39.4 Å². The average Bonchev–Trinajstić information content (AvgIpc) is 3.34. The molecule has 0 aromatic heterocycles. The van der Waals surface area contributed by atoms with Crippen molar-refractivity contribution < 1.29 is 44.2 Å². The van der Waals surface area contributed by atoms with Gasteiger partial charge in [-0.15, -0.1) is 0 Å². The number of carbonyl (C=O) groups excluding carboxylic acids is 1. The highest BCUT2D eigenvalue weighted by Crippen LogP contribution is 2.23. The van der Waals surface area contributed by atoms with Gasteiger partial charge in [0.1, 0.15) is 30.5 Å². The standard InChI is InChI=1S/C59H100O9/c1-3-5-7-9-11-13-15-17-19-21-23-25-26-27-28-29-30-32-34-36-38-40-42-44-46-48-55(61)67-53(52-66-59-58(64)57(63)56(62)54(50-60)68-59)51-65-49-47-45-43-41-39-37-35-33-31-24-22-20-18-16-14-12-10-8-6-4-2/h5,7,11-14,17-20,23,25,27-28,30,32,53-54,56-60,62-64H,3-4,6,8-10,15-16,21-22,24,26,29,31,33-52H2,1-2H3/b7-5-,13-11-,14-12-,19-17-,20-18-,25-23-,28-27-,32-30-. The van der Waals surface area contributed by atoms with E-state index in [-0.39, 0.29) is 19.2 Å². The van der Waals surface area contributed by atoms with Crippen molar-refractivity contribution in [2.45, 2.75) is 243 Å². The fourth-order valence-corrected chi connectivity index (χ4v) is 7.76. The van der Waals surface area contributed by atoms with Crippen LogP contribution in [0.3, 0.4) is 0 Å². The number of unbranched alkanes of at least 4 members (excludes halogenated alkanes) is 19. The molecule has 0 aliphatic carbocycles. The summed E-state index contributed by atoms with van der Waals surface area (Å²) < 4.78 is 22.9. The topological polar surface area (TPSA) is 135 Å². The van der Waals surface area contributed by atoms with Crippen LogP contribution >= 0.6 is 0 Å². The molecule has 0 aromatic rings. The van der Waals surface area contributed by atoms with Crippen LogP contribution in [0, 0.1) is 0 Å². The third kappa shape index (κ3) is 38.9. The monoisotopic (exact) mass is 953 g/mol. The molecule has 1 rings (SSSR count). The normalized spacial score (nSPS) is 19.9. The summed E-state index contributed by atoms with van der Waals surface area (Å²) in [5.41, 5.74) is 0. The zero-order valence-corrected chi connectivity index (χ0v) is 43.1. The molecule has 1 saturated heterocycles. The van der Waals surface area contributed by atoms with Crippen molar-refractivity contribution >= 4 is 5.97 Å². The molecule has 0 saturated carbocycles. The van der Waals surface area contributed by atoms with Gasteiger partial charge in [-0.2, -0.15) is 0 Å². The second-order valence-electron chi connectivity index (χ2n) is 18.3. The number of aliphatic hydroxyl groups is 4. The van der Waals surface area contributed by atoms with Crippen LogP contribution in [0.4, 0.5) is 0 Å². The van der Waals surface area contributed by atoms with E-state index in [0.717, 1.165) is 96.3 Å². The van der Waals surface area contributed by atoms with E-state index in [9.17, 15) is 25.2 Å². The van der Waals surface area contributed by atoms with Crippen LogP contribution in [0.15, 0.2) is 97.2 Å². The van der Waals surface area contributed by atoms with Crippen LogP contribution in [0.1, 0.15) is 206 Å². The smallest absolute Gasteiger partial charge is 0.306 e. The molecule has 0 amide bonds. The Labute approximate surface area is 415 Å². The molecular weight excluding hydrogens is 853 g/mol. The molecule has 1 aliphatic heterocycles. The van der Waals surface area contributed by atoms with Crippen LogP contribution in [-0.4, -0.2) is 89.6 Å². The molecule has 68 heavy (non-hydrogen) atoms. The van der Waals surface area contributed by atoms with Crippen LogP contribution < -0.4 is 0 Å². The molecule has 6 unspecified atom stereocenters. The van der Waals surface area contributed by atoms with Crippen molar-refractivity contribution in [3.05, 3.63) is 97.2 Å². The first kappa shape index (κ1) is 63.1. The van der Waals surface area contributed by atoms with E-state index in [1.54, 1.807) is 0 Å². The molecule has 6 atom stereocenters. The number of aliphatic hydroxyl groups excluding tert-OH is 4. The van der Waals surface area contributed by atoms with E-state index in [4.69, 9.17) is 18.9 Å². The number of hydrogen-bond acceptors (Lipinski definition) is 9. The van der Waals surface area contributed by atoms with Crippen molar-refractivity contribution in [1.29, 1.82) is 0 Å². The van der Waals surface area contributed by atoms with Gasteiger partial charge >= 0.3 is 5.97 Å². The summed E-state index contributed by atoms with van der Waals surface area (Å²) in [6.45, 7) is 4.40. The third-order valence-corrected chi connectivity index (χ3v) is 12.0. The lowest BCUT2D eigenvalue weighted by Gasteiger charge is -2.39. The van der Waals surface area contributed by atoms with Gasteiger partial charge in [0.05, 0.1) is 19.8 Å². The molecule has 0 spiro atoms. The summed E-state index contributed by atoms with van der Waals surface area (Å²) >= 11 is 0. The molecule has 9 heteroatoms. The first-order valence-corrected chi connectivity index (χ1v) is 27.3. The fraction of sp³-hybridized carbons (Fsp3) is 0.712. The molecule has 4 N–H and O–H groups in total. The lowest BCUT2D eigenvalue weighted by molar-refractivity contribution is -0.305. The maximum absolute atomic E-state index is 12.9. The SMILES string of the molecule is CC/C=C\C/C=C\C/C=C\C/C=C\C/C=C\C/C=C\CCCCCCCCC(=O)OC(COCCCCCCCCCCCC/C=C\C/C=C\CCCCC)COC1OC(CO)C(O)C(O)C1O. The summed E-state index contributed by atoms with van der Waals surface area (Å²) in [7, 11) is 0. The van der Waals surface area contributed by atoms with Crippen LogP contribution in [0.25, 0.3) is 0 Å². The number of hydrogen-bond donors (Lipinski definition) is 4. The largest absolute Gasteiger partial charge is 0.457 e. The Morgan fingerprint density at radius 3 is 1.35 bits per heavy atom. The Hall–Kier alpha value is -2.89. The number of rotatable bonds is 46. The maximum Gasteiger partial charge on any atom is 0.306 e. The molecule has 0 aromatic carbocycles. The minimum atomic E-state index is -1.55. The highest BCUT2D eigenvalue weighted by Gasteiger charge is 2.44. The van der Waals surface area contributed by atoms with Gasteiger partial charge in [0.2, 0.25) is 0 Å². The first-order valence-electron chi connectivity index (χ1n) is 27.3. The Balaban J connectivity index is 2.21. The van der Waals surface area contributed by atoms with Crippen molar-refractivity contribution in [2.75, 3.05) is 26.4 Å². The van der Waals surface area contributed by atoms with Gasteiger partial charge in [0.25, 0.3) is 0 Å². The lowest BCUT2D eigenvalue weighted by Crippen LogP contribution is -2.59. The zero-order valence-electron chi connectivity index (χ0n) is 43.1. The highest BCUT2D eigenvalue weighted by atomic mass is 16.7. The van der Waals surface area contributed by atoms with Crippen molar-refractivity contribution in [3.8, 4) is 0 Å². The summed E-state index contributed by atoms with van der Waals surface area (Å²) in [4.78, 5) is 12.9. The average molecular weight is 953 g/mol. The molecule has 1 heterocycles. The van der Waals surface area contributed by atoms with Crippen LogP contribution in [0.2, 0.25) is 0 Å². The second-order valence-corrected chi connectivity index (χ2v) is 18.3. The number of allylic oxidation sites excluding steroid dienone is 16. The van der Waals surface area contributed by atoms with Gasteiger partial charge in [0.15, 0.2) is 6.29 Å². The first-order chi connectivity index (χ1) is 33.4. The Morgan fingerprint density at radius 1 is 0.485 bits per heavy atom. The van der Waals surface area contributed by atoms with Gasteiger partial charge in [-0.3, -0.25) is 4.79 Å². The van der Waals surface area contributed by atoms with Crippen LogP contribution in [0.5, 0.6) is 0 Å². The van der Waals surface area contributed by atoms with E-state index in [1.165, 1.54) is 89.9 Å². The minimum Gasteiger partial charge on any atom is -0.457 e. The molecule has 0 radical (unpaired) electrons. The molecule has 1 aliphatic rings. The molecule has 1 fully saturated rings. The fourth-order valence-electron chi connectivity index (χ4n) is 7.76. The number of carbonyl (C=O) groups is 1. The molecule has 390 valence electrons. The third-order valence-electron chi connectivity index (χ3n) is 12.0. The van der Waals surface area contributed by atoms with E-state index in [1.807, 2.05) is 0 Å². The predicted molar refractivity (Wildman–Crippen MR) is 283 cm³/mol. The summed E-state index contributed by atoms with van der Waals surface area (Å²) in [5.74, 6) is -0.332. The van der Waals surface area contributed by atoms with Gasteiger partial charge in [0, 0.05) is 13.0 Å². The summed E-state index contributed by atoms with van der Waals surface area (Å²) in [6, 6.07) is 0. The Bertz CT molecular complexity index is 1360. The maximum atomic E-state index is 12.9. The number of ether oxygens (including phenoxy) is 4. The quantitative estimate of drug-likeness (QED) is 0.0267. The van der Waals surface area contributed by atoms with E-state index in [2.05, 4.69) is 111 Å². The number of esters is 1. The van der Waals surface area contributed by atoms with E-state index in [0.29, 0.717) is 13.0 Å². The van der Waals surface area contributed by atoms with Crippen LogP contribution in [-0.2, 0) is 23.7 Å². The molecular formula is C59H100O9. The Morgan fingerprint density at radius 2 is 0.897 bits per heavy atom. The minimum absolute atomic E-state index is 0.126. The molecule has 9 nitrogen and oxygen atoms in total. The lowest BCUT2D eigenvalue weighted by atomic mass is 9.99. The van der Waals surface area contributed by atoms with Crippen molar-refractivity contribution in [3.63, 3.8) is 0 Å². The van der Waals surface area contributed by atoms with E-state index >= 15 is 0 Å². The Kier molecular flexibility index (Phi) is 45.6. The summed E-state index contributed by atoms with van der Waals surface area (Å²) in [6.07, 6.45) is 61.5. The van der Waals surface area contributed by atoms with Gasteiger partial charge in [-0.1, -0.05) is 201 Å². The summed E-state index contributed by atoms with van der Waals surface area (Å²) in [5, 5.41) is 40.3. The molecule has 0 bridgehead atoms. The van der Waals surface area contributed by atoms with Gasteiger partial charge in [-0.25, -0.2) is 0 Å². The van der Waals surface area contributed by atoms with E-state index < -0.39 is 43.4 Å². The predicted octanol–water partition coefficient (Wildman–Crippen LogP) is 13.9. The zero-order chi connectivity index (χ0) is 49.2. The van der Waals surface area contributed by atoms with Crippen molar-refractivity contribution in [1.82, 2.24) is 0 Å². The van der Waals surface area contributed by atoms with Crippen molar-refractivity contribution in [2.24, 2.45) is 0 Å².